The molecule has 2 aromatic rings. The average Bonchev–Trinajstić information content (AvgIpc) is 2.49. The monoisotopic (exact) mass is 306 g/mol. The van der Waals surface area contributed by atoms with Crippen LogP contribution in [0, 0.1) is 6.92 Å². The first-order valence-electron chi connectivity index (χ1n) is 6.87. The van der Waals surface area contributed by atoms with Crippen molar-refractivity contribution in [3.63, 3.8) is 0 Å². The first kappa shape index (κ1) is 15.6. The molecule has 0 amide bonds. The first-order chi connectivity index (χ1) is 10.1. The van der Waals surface area contributed by atoms with E-state index in [4.69, 9.17) is 13.6 Å². The van der Waals surface area contributed by atoms with Gasteiger partial charge in [-0.3, -0.25) is 4.52 Å². The van der Waals surface area contributed by atoms with Gasteiger partial charge in [0, 0.05) is 0 Å². The molecule has 5 heteroatoms. The van der Waals surface area contributed by atoms with Crippen LogP contribution in [0.3, 0.4) is 0 Å². The van der Waals surface area contributed by atoms with Crippen LogP contribution < -0.4 is 9.05 Å². The Morgan fingerprint density at radius 1 is 0.905 bits per heavy atom. The van der Waals surface area contributed by atoms with E-state index in [0.29, 0.717) is 18.1 Å². The zero-order valence-electron chi connectivity index (χ0n) is 12.2. The third kappa shape index (κ3) is 4.92. The number of phosphoric acid groups is 1. The molecular formula is C16H19O4P. The van der Waals surface area contributed by atoms with Crippen LogP contribution in [0.25, 0.3) is 0 Å². The van der Waals surface area contributed by atoms with E-state index >= 15 is 0 Å². The fourth-order valence-corrected chi connectivity index (χ4v) is 2.92. The molecule has 2 rings (SSSR count). The third-order valence-corrected chi connectivity index (χ3v) is 4.02. The highest BCUT2D eigenvalue weighted by Gasteiger charge is 2.30. The topological polar surface area (TPSA) is 44.8 Å². The second kappa shape index (κ2) is 7.30. The molecule has 4 nitrogen and oxygen atoms in total. The van der Waals surface area contributed by atoms with Gasteiger partial charge in [0.05, 0.1) is 6.61 Å². The van der Waals surface area contributed by atoms with E-state index < -0.39 is 7.82 Å². The van der Waals surface area contributed by atoms with Crippen molar-refractivity contribution in [2.45, 2.75) is 20.3 Å². The van der Waals surface area contributed by atoms with Crippen molar-refractivity contribution in [2.24, 2.45) is 0 Å². The van der Waals surface area contributed by atoms with Gasteiger partial charge in [-0.1, -0.05) is 42.8 Å². The molecule has 0 saturated carbocycles. The van der Waals surface area contributed by atoms with Crippen LogP contribution in [0.5, 0.6) is 11.5 Å². The fraction of sp³-hybridized carbons (Fsp3) is 0.250. The van der Waals surface area contributed by atoms with Gasteiger partial charge in [-0.15, -0.1) is 0 Å². The SMILES string of the molecule is CCCOP(=O)(Oc1ccccc1)Oc1ccc(C)cc1. The van der Waals surface area contributed by atoms with E-state index in [1.54, 1.807) is 36.4 Å². The minimum absolute atomic E-state index is 0.302. The Kier molecular flexibility index (Phi) is 5.43. The van der Waals surface area contributed by atoms with E-state index in [-0.39, 0.29) is 0 Å². The smallest absolute Gasteiger partial charge is 0.395 e. The molecule has 0 aliphatic heterocycles. The average molecular weight is 306 g/mol. The zero-order valence-corrected chi connectivity index (χ0v) is 13.1. The van der Waals surface area contributed by atoms with E-state index in [0.717, 1.165) is 12.0 Å². The van der Waals surface area contributed by atoms with Gasteiger partial charge in [-0.2, -0.15) is 0 Å². The maximum absolute atomic E-state index is 12.7. The van der Waals surface area contributed by atoms with Crippen molar-refractivity contribution < 1.29 is 18.1 Å². The highest BCUT2D eigenvalue weighted by molar-refractivity contribution is 7.49. The van der Waals surface area contributed by atoms with Crippen molar-refractivity contribution in [3.05, 3.63) is 60.2 Å². The summed E-state index contributed by atoms with van der Waals surface area (Å²) in [7, 11) is -3.69. The lowest BCUT2D eigenvalue weighted by Gasteiger charge is -2.18. The maximum Gasteiger partial charge on any atom is 0.587 e. The van der Waals surface area contributed by atoms with E-state index in [1.165, 1.54) is 0 Å². The number of aryl methyl sites for hydroxylation is 1. The summed E-state index contributed by atoms with van der Waals surface area (Å²) in [6, 6.07) is 16.1. The lowest BCUT2D eigenvalue weighted by atomic mass is 10.2. The van der Waals surface area contributed by atoms with Crippen molar-refractivity contribution in [1.82, 2.24) is 0 Å². The summed E-state index contributed by atoms with van der Waals surface area (Å²) < 4.78 is 29.0. The predicted molar refractivity (Wildman–Crippen MR) is 82.7 cm³/mol. The minimum atomic E-state index is -3.69. The quantitative estimate of drug-likeness (QED) is 0.676. The number of phosphoric ester groups is 1. The van der Waals surface area contributed by atoms with Crippen LogP contribution >= 0.6 is 7.82 Å². The largest absolute Gasteiger partial charge is 0.587 e. The number of rotatable bonds is 7. The van der Waals surface area contributed by atoms with Crippen LogP contribution in [0.2, 0.25) is 0 Å². The zero-order chi connectivity index (χ0) is 15.1. The van der Waals surface area contributed by atoms with Gasteiger partial charge in [0.1, 0.15) is 11.5 Å². The van der Waals surface area contributed by atoms with Gasteiger partial charge in [-0.25, -0.2) is 4.57 Å². The molecule has 0 aromatic heterocycles. The van der Waals surface area contributed by atoms with Crippen molar-refractivity contribution >= 4 is 7.82 Å². The number of para-hydroxylation sites is 1. The van der Waals surface area contributed by atoms with Crippen LogP contribution in [-0.4, -0.2) is 6.61 Å². The summed E-state index contributed by atoms with van der Waals surface area (Å²) in [6.07, 6.45) is 0.722. The second-order valence-corrected chi connectivity index (χ2v) is 6.11. The molecule has 0 N–H and O–H groups in total. The predicted octanol–water partition coefficient (Wildman–Crippen LogP) is 4.99. The van der Waals surface area contributed by atoms with Gasteiger partial charge in [-0.05, 0) is 37.6 Å². The van der Waals surface area contributed by atoms with Gasteiger partial charge >= 0.3 is 7.82 Å². The molecule has 0 radical (unpaired) electrons. The Labute approximate surface area is 125 Å². The molecule has 0 spiro atoms. The maximum atomic E-state index is 12.7. The Balaban J connectivity index is 2.16. The lowest BCUT2D eigenvalue weighted by molar-refractivity contribution is 0.210. The lowest BCUT2D eigenvalue weighted by Crippen LogP contribution is -2.05. The van der Waals surface area contributed by atoms with Crippen molar-refractivity contribution in [3.8, 4) is 11.5 Å². The van der Waals surface area contributed by atoms with Crippen LogP contribution in [0.1, 0.15) is 18.9 Å². The Morgan fingerprint density at radius 2 is 1.48 bits per heavy atom. The molecule has 0 bridgehead atoms. The van der Waals surface area contributed by atoms with E-state index in [1.807, 2.05) is 32.0 Å². The second-order valence-electron chi connectivity index (χ2n) is 4.59. The Morgan fingerprint density at radius 3 is 2.05 bits per heavy atom. The Bertz CT molecular complexity index is 595. The molecule has 0 saturated heterocycles. The molecule has 112 valence electrons. The summed E-state index contributed by atoms with van der Waals surface area (Å²) in [5.41, 5.74) is 1.09. The molecule has 0 aliphatic carbocycles. The molecule has 1 atom stereocenters. The van der Waals surface area contributed by atoms with Gasteiger partial charge in [0.2, 0.25) is 0 Å². The summed E-state index contributed by atoms with van der Waals surface area (Å²) in [4.78, 5) is 0. The summed E-state index contributed by atoms with van der Waals surface area (Å²) in [6.45, 7) is 4.20. The van der Waals surface area contributed by atoms with Gasteiger partial charge in [0.25, 0.3) is 0 Å². The van der Waals surface area contributed by atoms with Crippen molar-refractivity contribution in [2.75, 3.05) is 6.61 Å². The number of hydrogen-bond donors (Lipinski definition) is 0. The van der Waals surface area contributed by atoms with Gasteiger partial charge < -0.3 is 9.05 Å². The fourth-order valence-electron chi connectivity index (χ4n) is 1.61. The molecule has 0 fully saturated rings. The number of benzene rings is 2. The summed E-state index contributed by atoms with van der Waals surface area (Å²) >= 11 is 0. The highest BCUT2D eigenvalue weighted by Crippen LogP contribution is 2.49. The van der Waals surface area contributed by atoms with Crippen molar-refractivity contribution in [1.29, 1.82) is 0 Å². The molecule has 21 heavy (non-hydrogen) atoms. The first-order valence-corrected chi connectivity index (χ1v) is 8.33. The summed E-state index contributed by atoms with van der Waals surface area (Å²) in [5.74, 6) is 0.903. The molecule has 0 aliphatic rings. The van der Waals surface area contributed by atoms with Gasteiger partial charge in [0.15, 0.2) is 0 Å². The highest BCUT2D eigenvalue weighted by atomic mass is 31.2. The number of hydrogen-bond acceptors (Lipinski definition) is 4. The molecule has 0 heterocycles. The van der Waals surface area contributed by atoms with Crippen LogP contribution in [0.4, 0.5) is 0 Å². The van der Waals surface area contributed by atoms with E-state index in [9.17, 15) is 4.57 Å². The van der Waals surface area contributed by atoms with Crippen LogP contribution in [0.15, 0.2) is 54.6 Å². The normalized spacial score (nSPS) is 13.4. The molecule has 1 unspecified atom stereocenters. The summed E-state index contributed by atoms with van der Waals surface area (Å²) in [5, 5.41) is 0. The van der Waals surface area contributed by atoms with Crippen LogP contribution in [-0.2, 0) is 9.09 Å². The van der Waals surface area contributed by atoms with E-state index in [2.05, 4.69) is 0 Å². The minimum Gasteiger partial charge on any atom is -0.395 e. The third-order valence-electron chi connectivity index (χ3n) is 2.65. The molecular weight excluding hydrogens is 287 g/mol. The standard InChI is InChI=1S/C16H19O4P/c1-3-13-18-21(17,19-15-7-5-4-6-8-15)20-16-11-9-14(2)10-12-16/h4-12H,3,13H2,1-2H3. The molecule has 2 aromatic carbocycles. The Hall–Kier alpha value is -1.77.